The van der Waals surface area contributed by atoms with Gasteiger partial charge in [-0.15, -0.1) is 0 Å². The number of methoxy groups -OCH3 is 1. The van der Waals surface area contributed by atoms with Gasteiger partial charge in [0.15, 0.2) is 0 Å². The number of hydrogen-bond donors (Lipinski definition) is 1. The van der Waals surface area contributed by atoms with E-state index < -0.39 is 10.0 Å². The van der Waals surface area contributed by atoms with E-state index in [2.05, 4.69) is 5.32 Å². The first-order chi connectivity index (χ1) is 15.2. The molecule has 3 rings (SSSR count). The van der Waals surface area contributed by atoms with Crippen molar-refractivity contribution >= 4 is 27.5 Å². The summed E-state index contributed by atoms with van der Waals surface area (Å²) in [6.07, 6.45) is 0. The highest BCUT2D eigenvalue weighted by Gasteiger charge is 2.23. The fourth-order valence-corrected chi connectivity index (χ4v) is 4.53. The molecule has 0 radical (unpaired) electrons. The minimum absolute atomic E-state index is 0.0312. The van der Waals surface area contributed by atoms with Crippen LogP contribution in [0.1, 0.15) is 34.5 Å². The third kappa shape index (κ3) is 5.48. The molecular weight excluding hydrogens is 448 g/mol. The molecule has 1 N–H and O–H groups in total. The number of halogens is 1. The van der Waals surface area contributed by atoms with E-state index in [9.17, 15) is 13.2 Å². The van der Waals surface area contributed by atoms with Gasteiger partial charge in [-0.05, 0) is 55.0 Å². The van der Waals surface area contributed by atoms with Gasteiger partial charge in [0.25, 0.3) is 5.91 Å². The molecule has 1 amide bonds. The van der Waals surface area contributed by atoms with Crippen molar-refractivity contribution in [2.45, 2.75) is 24.4 Å². The molecule has 1 atom stereocenters. The predicted octanol–water partition coefficient (Wildman–Crippen LogP) is 4.66. The molecule has 3 aromatic carbocycles. The van der Waals surface area contributed by atoms with E-state index in [1.807, 2.05) is 37.3 Å². The Morgan fingerprint density at radius 3 is 2.34 bits per heavy atom. The first kappa shape index (κ1) is 23.8. The van der Waals surface area contributed by atoms with E-state index in [1.165, 1.54) is 42.7 Å². The van der Waals surface area contributed by atoms with E-state index in [0.29, 0.717) is 21.9 Å². The van der Waals surface area contributed by atoms with E-state index in [0.717, 1.165) is 5.56 Å². The van der Waals surface area contributed by atoms with Crippen LogP contribution >= 0.6 is 11.6 Å². The van der Waals surface area contributed by atoms with Crippen LogP contribution in [-0.4, -0.2) is 32.8 Å². The summed E-state index contributed by atoms with van der Waals surface area (Å²) in [6, 6.07) is 20.4. The maximum atomic E-state index is 12.9. The van der Waals surface area contributed by atoms with Gasteiger partial charge in [-0.1, -0.05) is 41.9 Å². The molecule has 0 aliphatic carbocycles. The number of carbonyl (C=O) groups is 1. The Hall–Kier alpha value is -2.87. The number of sulfonamides is 1. The molecule has 0 heterocycles. The molecule has 0 unspecified atom stereocenters. The summed E-state index contributed by atoms with van der Waals surface area (Å²) in [5.74, 6) is 0.240. The molecule has 0 aromatic heterocycles. The Bertz CT molecular complexity index is 1180. The van der Waals surface area contributed by atoms with Gasteiger partial charge in [0.2, 0.25) is 10.0 Å². The standard InChI is InChI=1S/C24H25ClN2O4S/c1-17(18-7-5-4-6-8-18)26-24(28)19-9-14-23(31-3)20(15-19)16-27(2)32(29,30)22-12-10-21(25)11-13-22/h4-15,17H,16H2,1-3H3,(H,26,28)/t17-/m1/s1. The van der Waals surface area contributed by atoms with Gasteiger partial charge in [-0.3, -0.25) is 4.79 Å². The summed E-state index contributed by atoms with van der Waals surface area (Å²) in [5.41, 5.74) is 1.98. The van der Waals surface area contributed by atoms with E-state index in [1.54, 1.807) is 18.2 Å². The average Bonchev–Trinajstić information content (AvgIpc) is 2.79. The number of benzene rings is 3. The molecular formula is C24H25ClN2O4S. The third-order valence-corrected chi connectivity index (χ3v) is 7.17. The van der Waals surface area contributed by atoms with Crippen molar-refractivity contribution in [2.24, 2.45) is 0 Å². The monoisotopic (exact) mass is 472 g/mol. The van der Waals surface area contributed by atoms with Crippen LogP contribution in [0.4, 0.5) is 0 Å². The molecule has 0 spiro atoms. The molecule has 0 bridgehead atoms. The Morgan fingerprint density at radius 2 is 1.72 bits per heavy atom. The Balaban J connectivity index is 1.81. The SMILES string of the molecule is COc1ccc(C(=O)N[C@H](C)c2ccccc2)cc1CN(C)S(=O)(=O)c1ccc(Cl)cc1. The highest BCUT2D eigenvalue weighted by molar-refractivity contribution is 7.89. The van der Waals surface area contributed by atoms with Crippen molar-refractivity contribution in [3.05, 3.63) is 94.5 Å². The lowest BCUT2D eigenvalue weighted by atomic mass is 10.1. The molecule has 0 aliphatic rings. The summed E-state index contributed by atoms with van der Waals surface area (Å²) in [6.45, 7) is 1.94. The lowest BCUT2D eigenvalue weighted by molar-refractivity contribution is 0.0939. The van der Waals surface area contributed by atoms with Crippen molar-refractivity contribution in [3.8, 4) is 5.75 Å². The molecule has 0 fully saturated rings. The van der Waals surface area contributed by atoms with Crippen molar-refractivity contribution < 1.29 is 17.9 Å². The quantitative estimate of drug-likeness (QED) is 0.517. The second-order valence-electron chi connectivity index (χ2n) is 7.35. The molecule has 8 heteroatoms. The maximum absolute atomic E-state index is 12.9. The van der Waals surface area contributed by atoms with Gasteiger partial charge in [0, 0.05) is 29.7 Å². The van der Waals surface area contributed by atoms with Crippen molar-refractivity contribution in [1.82, 2.24) is 9.62 Å². The van der Waals surface area contributed by atoms with Gasteiger partial charge >= 0.3 is 0 Å². The summed E-state index contributed by atoms with van der Waals surface area (Å²) in [7, 11) is -0.765. The van der Waals surface area contributed by atoms with Gasteiger partial charge < -0.3 is 10.1 Å². The molecule has 168 valence electrons. The maximum Gasteiger partial charge on any atom is 0.251 e. The summed E-state index contributed by atoms with van der Waals surface area (Å²) < 4.78 is 32.5. The summed E-state index contributed by atoms with van der Waals surface area (Å²) in [4.78, 5) is 13.0. The topological polar surface area (TPSA) is 75.7 Å². The number of rotatable bonds is 8. The van der Waals surface area contributed by atoms with Gasteiger partial charge in [-0.2, -0.15) is 4.31 Å². The smallest absolute Gasteiger partial charge is 0.251 e. The van der Waals surface area contributed by atoms with Gasteiger partial charge in [-0.25, -0.2) is 8.42 Å². The molecule has 3 aromatic rings. The zero-order chi connectivity index (χ0) is 23.3. The van der Waals surface area contributed by atoms with Crippen LogP contribution in [0.5, 0.6) is 5.75 Å². The number of hydrogen-bond acceptors (Lipinski definition) is 4. The van der Waals surface area contributed by atoms with Gasteiger partial charge in [0.1, 0.15) is 5.75 Å². The Labute approximate surface area is 193 Å². The Kier molecular flexibility index (Phi) is 7.56. The Morgan fingerprint density at radius 1 is 1.06 bits per heavy atom. The molecule has 0 saturated carbocycles. The van der Waals surface area contributed by atoms with E-state index >= 15 is 0 Å². The van der Waals surface area contributed by atoms with Crippen LogP contribution in [0.3, 0.4) is 0 Å². The third-order valence-electron chi connectivity index (χ3n) is 5.10. The van der Waals surface area contributed by atoms with E-state index in [4.69, 9.17) is 16.3 Å². The van der Waals surface area contributed by atoms with Crippen LogP contribution in [0.15, 0.2) is 77.7 Å². The largest absolute Gasteiger partial charge is 0.496 e. The van der Waals surface area contributed by atoms with E-state index in [-0.39, 0.29) is 23.4 Å². The van der Waals surface area contributed by atoms with Crippen molar-refractivity contribution in [3.63, 3.8) is 0 Å². The van der Waals surface area contributed by atoms with Crippen molar-refractivity contribution in [1.29, 1.82) is 0 Å². The number of amides is 1. The number of carbonyl (C=O) groups excluding carboxylic acids is 1. The average molecular weight is 473 g/mol. The summed E-state index contributed by atoms with van der Waals surface area (Å²) >= 11 is 5.87. The van der Waals surface area contributed by atoms with Crippen LogP contribution in [0.25, 0.3) is 0 Å². The first-order valence-corrected chi connectivity index (χ1v) is 11.8. The minimum Gasteiger partial charge on any atom is -0.496 e. The minimum atomic E-state index is -3.75. The number of nitrogens with zero attached hydrogens (tertiary/aromatic N) is 1. The fraction of sp³-hybridized carbons (Fsp3) is 0.208. The van der Waals surface area contributed by atoms with Crippen LogP contribution < -0.4 is 10.1 Å². The fourth-order valence-electron chi connectivity index (χ4n) is 3.26. The highest BCUT2D eigenvalue weighted by Crippen LogP contribution is 2.25. The second kappa shape index (κ2) is 10.2. The van der Waals surface area contributed by atoms with Crippen molar-refractivity contribution in [2.75, 3.05) is 14.2 Å². The summed E-state index contributed by atoms with van der Waals surface area (Å²) in [5, 5.41) is 3.42. The van der Waals surface area contributed by atoms with Crippen LogP contribution in [0.2, 0.25) is 5.02 Å². The zero-order valence-corrected chi connectivity index (χ0v) is 19.7. The zero-order valence-electron chi connectivity index (χ0n) is 18.1. The molecule has 32 heavy (non-hydrogen) atoms. The highest BCUT2D eigenvalue weighted by atomic mass is 35.5. The van der Waals surface area contributed by atoms with Gasteiger partial charge in [0.05, 0.1) is 18.0 Å². The molecule has 0 saturated heterocycles. The molecule has 0 aliphatic heterocycles. The lowest BCUT2D eigenvalue weighted by Gasteiger charge is -2.20. The lowest BCUT2D eigenvalue weighted by Crippen LogP contribution is -2.28. The number of nitrogens with one attached hydrogen (secondary N) is 1. The second-order valence-corrected chi connectivity index (χ2v) is 9.83. The predicted molar refractivity (Wildman–Crippen MR) is 125 cm³/mol. The number of ether oxygens (including phenoxy) is 1. The van der Waals surface area contributed by atoms with Crippen LogP contribution in [0, 0.1) is 0 Å². The van der Waals surface area contributed by atoms with Crippen LogP contribution in [-0.2, 0) is 16.6 Å². The molecule has 6 nitrogen and oxygen atoms in total. The normalized spacial score (nSPS) is 12.4. The first-order valence-electron chi connectivity index (χ1n) is 9.97.